The van der Waals surface area contributed by atoms with E-state index in [9.17, 15) is 4.21 Å². The summed E-state index contributed by atoms with van der Waals surface area (Å²) in [6.07, 6.45) is 8.32. The van der Waals surface area contributed by atoms with E-state index in [2.05, 4.69) is 13.8 Å². The molecule has 162 valence electrons. The van der Waals surface area contributed by atoms with Crippen LogP contribution in [0.15, 0.2) is 18.2 Å². The number of hydrogen-bond donors (Lipinski definition) is 0. The summed E-state index contributed by atoms with van der Waals surface area (Å²) in [5.74, 6) is 2.45. The number of benzene rings is 1. The van der Waals surface area contributed by atoms with Crippen molar-refractivity contribution in [2.24, 2.45) is 0 Å². The topological polar surface area (TPSA) is 44.8 Å². The van der Waals surface area contributed by atoms with Gasteiger partial charge in [-0.05, 0) is 51.3 Å². The molecule has 0 fully saturated rings. The summed E-state index contributed by atoms with van der Waals surface area (Å²) in [6, 6.07) is 6.01. The average Bonchev–Trinajstić information content (AvgIpc) is 3.12. The fraction of sp³-hybridized carbons (Fsp3) is 0.739. The number of hydrogen-bond acceptors (Lipinski definition) is 4. The molecule has 0 bridgehead atoms. The first-order valence-electron chi connectivity index (χ1n) is 10.6. The molecule has 5 heteroatoms. The molecule has 0 radical (unpaired) electrons. The minimum absolute atomic E-state index is 0.0417. The van der Waals surface area contributed by atoms with Crippen LogP contribution in [0.1, 0.15) is 78.7 Å². The number of rotatable bonds is 10. The fourth-order valence-electron chi connectivity index (χ4n) is 2.72. The highest BCUT2D eigenvalue weighted by molar-refractivity contribution is 7.85. The van der Waals surface area contributed by atoms with Crippen LogP contribution in [0, 0.1) is 0 Å². The monoisotopic (exact) mass is 412 g/mol. The zero-order chi connectivity index (χ0) is 21.0. The number of unbranched alkanes of at least 4 members (excludes halogenated alkanes) is 5. The Kier molecular flexibility index (Phi) is 11.8. The van der Waals surface area contributed by atoms with Gasteiger partial charge in [-0.3, -0.25) is 4.21 Å². The molecular weight excluding hydrogens is 372 g/mol. The maximum atomic E-state index is 12.3. The molecule has 28 heavy (non-hydrogen) atoms. The molecule has 1 heterocycles. The van der Waals surface area contributed by atoms with Crippen molar-refractivity contribution < 1.29 is 18.4 Å². The van der Waals surface area contributed by atoms with E-state index in [0.717, 1.165) is 30.1 Å². The molecule has 4 nitrogen and oxygen atoms in total. The largest absolute Gasteiger partial charge is 0.454 e. The van der Waals surface area contributed by atoms with Crippen LogP contribution in [0.25, 0.3) is 0 Å². The van der Waals surface area contributed by atoms with Gasteiger partial charge in [0.2, 0.25) is 6.79 Å². The molecule has 1 aromatic rings. The van der Waals surface area contributed by atoms with Crippen LogP contribution in [0.4, 0.5) is 0 Å². The lowest BCUT2D eigenvalue weighted by Crippen LogP contribution is -2.16. The lowest BCUT2D eigenvalue weighted by atomic mass is 10.1. The van der Waals surface area contributed by atoms with Crippen LogP contribution in [0.2, 0.25) is 0 Å². The van der Waals surface area contributed by atoms with Crippen molar-refractivity contribution in [1.29, 1.82) is 0 Å². The van der Waals surface area contributed by atoms with Crippen molar-refractivity contribution in [3.8, 4) is 11.5 Å². The number of methoxy groups -OCH3 is 1. The Labute approximate surface area is 174 Å². The van der Waals surface area contributed by atoms with Gasteiger partial charge in [0.25, 0.3) is 0 Å². The molecule has 0 N–H and O–H groups in total. The van der Waals surface area contributed by atoms with Crippen LogP contribution in [-0.2, 0) is 22.0 Å². The quantitative estimate of drug-likeness (QED) is 0.450. The standard InChI is InChI=1S/C18H28O3S.C5H12O/c1-3-4-5-6-7-8-11-22(19)15(2)12-16-9-10-17-18(13-16)21-14-20-17;1-5(2,3)6-4/h9-10,13,15H,3-8,11-12,14H2,1-2H3;1-4H3. The van der Waals surface area contributed by atoms with Crippen LogP contribution in [-0.4, -0.2) is 34.7 Å². The second kappa shape index (κ2) is 13.2. The Balaban J connectivity index is 0.000000568. The molecule has 0 aliphatic carbocycles. The zero-order valence-corrected chi connectivity index (χ0v) is 19.5. The molecule has 0 saturated heterocycles. The molecule has 0 saturated carbocycles. The Morgan fingerprint density at radius 1 is 1.07 bits per heavy atom. The molecule has 2 rings (SSSR count). The first-order valence-corrected chi connectivity index (χ1v) is 12.0. The van der Waals surface area contributed by atoms with Crippen molar-refractivity contribution in [3.05, 3.63) is 23.8 Å². The summed E-state index contributed by atoms with van der Waals surface area (Å²) in [5.41, 5.74) is 1.22. The minimum atomic E-state index is -0.743. The second-order valence-corrected chi connectivity index (χ2v) is 10.3. The smallest absolute Gasteiger partial charge is 0.231 e. The minimum Gasteiger partial charge on any atom is -0.454 e. The van der Waals surface area contributed by atoms with E-state index in [4.69, 9.17) is 14.2 Å². The van der Waals surface area contributed by atoms with Gasteiger partial charge >= 0.3 is 0 Å². The van der Waals surface area contributed by atoms with Crippen molar-refractivity contribution in [2.75, 3.05) is 19.7 Å². The van der Waals surface area contributed by atoms with Gasteiger partial charge in [0, 0.05) is 28.9 Å². The highest BCUT2D eigenvalue weighted by Gasteiger charge is 2.16. The Hall–Kier alpha value is -1.07. The summed E-state index contributed by atoms with van der Waals surface area (Å²) in [6.45, 7) is 10.7. The van der Waals surface area contributed by atoms with Gasteiger partial charge in [-0.2, -0.15) is 0 Å². The van der Waals surface area contributed by atoms with Crippen molar-refractivity contribution in [1.82, 2.24) is 0 Å². The van der Waals surface area contributed by atoms with E-state index in [1.54, 1.807) is 7.11 Å². The predicted molar refractivity (Wildman–Crippen MR) is 119 cm³/mol. The van der Waals surface area contributed by atoms with Gasteiger partial charge in [0.15, 0.2) is 11.5 Å². The van der Waals surface area contributed by atoms with Crippen LogP contribution in [0.5, 0.6) is 11.5 Å². The van der Waals surface area contributed by atoms with Gasteiger partial charge in [0.1, 0.15) is 0 Å². The molecule has 0 aromatic heterocycles. The van der Waals surface area contributed by atoms with E-state index in [-0.39, 0.29) is 10.9 Å². The summed E-state index contributed by atoms with van der Waals surface area (Å²) in [4.78, 5) is 0. The maximum Gasteiger partial charge on any atom is 0.231 e. The summed E-state index contributed by atoms with van der Waals surface area (Å²) in [7, 11) is 0.966. The van der Waals surface area contributed by atoms with Crippen LogP contribution < -0.4 is 9.47 Å². The first-order chi connectivity index (χ1) is 13.3. The molecule has 1 aliphatic rings. The SMILES string of the molecule is CCCCCCCCS(=O)C(C)Cc1ccc2c(c1)OCO2.COC(C)(C)C. The summed E-state index contributed by atoms with van der Waals surface area (Å²) in [5, 5.41) is 0.191. The van der Waals surface area contributed by atoms with E-state index < -0.39 is 10.8 Å². The number of ether oxygens (including phenoxy) is 3. The predicted octanol–water partition coefficient (Wildman–Crippen LogP) is 5.89. The summed E-state index contributed by atoms with van der Waals surface area (Å²) >= 11 is 0. The van der Waals surface area contributed by atoms with Gasteiger partial charge < -0.3 is 14.2 Å². The van der Waals surface area contributed by atoms with Crippen molar-refractivity contribution in [3.63, 3.8) is 0 Å². The summed E-state index contributed by atoms with van der Waals surface area (Å²) < 4.78 is 28.0. The Morgan fingerprint density at radius 2 is 1.68 bits per heavy atom. The fourth-order valence-corrected chi connectivity index (χ4v) is 3.99. The maximum absolute atomic E-state index is 12.3. The van der Waals surface area contributed by atoms with Crippen molar-refractivity contribution in [2.45, 2.75) is 90.4 Å². The highest BCUT2D eigenvalue weighted by Crippen LogP contribution is 2.33. The van der Waals surface area contributed by atoms with E-state index in [1.807, 2.05) is 39.0 Å². The third-order valence-corrected chi connectivity index (χ3v) is 6.48. The van der Waals surface area contributed by atoms with Crippen LogP contribution in [0.3, 0.4) is 0 Å². The first kappa shape index (κ1) is 25.0. The van der Waals surface area contributed by atoms with Crippen molar-refractivity contribution >= 4 is 10.8 Å². The molecule has 2 unspecified atom stereocenters. The van der Waals surface area contributed by atoms with Gasteiger partial charge in [0.05, 0.1) is 5.60 Å². The van der Waals surface area contributed by atoms with E-state index in [0.29, 0.717) is 6.79 Å². The van der Waals surface area contributed by atoms with E-state index in [1.165, 1.54) is 37.7 Å². The molecule has 0 amide bonds. The van der Waals surface area contributed by atoms with Gasteiger partial charge in [-0.25, -0.2) is 0 Å². The Morgan fingerprint density at radius 3 is 2.32 bits per heavy atom. The highest BCUT2D eigenvalue weighted by atomic mass is 32.2. The zero-order valence-electron chi connectivity index (χ0n) is 18.7. The van der Waals surface area contributed by atoms with Gasteiger partial charge in [-0.1, -0.05) is 52.0 Å². The lowest BCUT2D eigenvalue weighted by Gasteiger charge is -2.14. The molecule has 1 aromatic carbocycles. The lowest BCUT2D eigenvalue weighted by molar-refractivity contribution is 0.0397. The molecule has 2 atom stereocenters. The van der Waals surface area contributed by atoms with E-state index >= 15 is 0 Å². The average molecular weight is 413 g/mol. The third-order valence-electron chi connectivity index (χ3n) is 4.72. The normalized spacial score (nSPS) is 14.9. The third kappa shape index (κ3) is 10.5. The number of fused-ring (bicyclic) bond motifs is 1. The molecular formula is C23H40O4S. The van der Waals surface area contributed by atoms with Gasteiger partial charge in [-0.15, -0.1) is 0 Å². The molecule has 1 aliphatic heterocycles. The van der Waals surface area contributed by atoms with Crippen LogP contribution >= 0.6 is 0 Å². The second-order valence-electron chi connectivity index (χ2n) is 8.37. The molecule has 0 spiro atoms. The Bertz CT molecular complexity index is 580.